The number of ether oxygens (including phenoxy) is 2. The Bertz CT molecular complexity index is 1720. The number of halogens is 2. The molecule has 0 atom stereocenters. The molecular weight excluding hydrogens is 439 g/mol. The van der Waals surface area contributed by atoms with E-state index in [4.69, 9.17) is 25.5 Å². The molecule has 5 heteroatoms. The quantitative estimate of drug-likeness (QED) is 0.268. The third-order valence-corrected chi connectivity index (χ3v) is 6.53. The number of hydrogen-bond donors (Lipinski definition) is 0. The molecule has 162 valence electrons. The zero-order valence-electron chi connectivity index (χ0n) is 17.9. The van der Waals surface area contributed by atoms with E-state index < -0.39 is 5.82 Å². The molecule has 0 spiro atoms. The van der Waals surface area contributed by atoms with Crippen LogP contribution in [0.5, 0.6) is 11.5 Å². The summed E-state index contributed by atoms with van der Waals surface area (Å²) in [5, 5.41) is 5.61. The normalized spacial score (nSPS) is 11.6. The Labute approximate surface area is 193 Å². The lowest BCUT2D eigenvalue weighted by Gasteiger charge is -2.13. The highest BCUT2D eigenvalue weighted by Crippen LogP contribution is 2.44. The number of rotatable bonds is 3. The van der Waals surface area contributed by atoms with Crippen LogP contribution in [0.1, 0.15) is 0 Å². The van der Waals surface area contributed by atoms with Gasteiger partial charge in [0, 0.05) is 21.9 Å². The Balaban J connectivity index is 1.70. The molecule has 6 aromatic rings. The summed E-state index contributed by atoms with van der Waals surface area (Å²) in [5.41, 5.74) is 1.98. The summed E-state index contributed by atoms with van der Waals surface area (Å²) < 4.78 is 32.6. The number of methoxy groups -OCH3 is 2. The van der Waals surface area contributed by atoms with Gasteiger partial charge >= 0.3 is 0 Å². The second kappa shape index (κ2) is 7.39. The fourth-order valence-electron chi connectivity index (χ4n) is 4.58. The van der Waals surface area contributed by atoms with Gasteiger partial charge in [-0.15, -0.1) is 0 Å². The molecule has 0 saturated heterocycles. The van der Waals surface area contributed by atoms with E-state index in [1.54, 1.807) is 14.2 Å². The van der Waals surface area contributed by atoms with E-state index in [1.807, 2.05) is 72.8 Å². The summed E-state index contributed by atoms with van der Waals surface area (Å²) in [5.74, 6) is 0.742. The van der Waals surface area contributed by atoms with Crippen molar-refractivity contribution in [1.29, 1.82) is 0 Å². The Morgan fingerprint density at radius 2 is 1.58 bits per heavy atom. The maximum absolute atomic E-state index is 15.6. The molecule has 0 bridgehead atoms. The molecule has 3 nitrogen and oxygen atoms in total. The number of benzene rings is 5. The van der Waals surface area contributed by atoms with Crippen LogP contribution in [0.25, 0.3) is 54.6 Å². The average molecular weight is 457 g/mol. The van der Waals surface area contributed by atoms with Crippen molar-refractivity contribution in [2.24, 2.45) is 0 Å². The molecule has 0 aliphatic rings. The minimum absolute atomic E-state index is 0.0420. The van der Waals surface area contributed by atoms with Gasteiger partial charge in [-0.3, -0.25) is 0 Å². The maximum atomic E-state index is 15.6. The Morgan fingerprint density at radius 3 is 2.39 bits per heavy atom. The van der Waals surface area contributed by atoms with E-state index in [2.05, 4.69) is 0 Å². The molecule has 0 fully saturated rings. The smallest absolute Gasteiger partial charge is 0.157 e. The Morgan fingerprint density at radius 1 is 0.758 bits per heavy atom. The van der Waals surface area contributed by atoms with Crippen LogP contribution in [-0.4, -0.2) is 14.2 Å². The van der Waals surface area contributed by atoms with E-state index in [9.17, 15) is 0 Å². The lowest BCUT2D eigenvalue weighted by Crippen LogP contribution is -1.93. The molecule has 6 rings (SSSR count). The molecule has 0 aliphatic heterocycles. The lowest BCUT2D eigenvalue weighted by atomic mass is 9.96. The van der Waals surface area contributed by atoms with Crippen molar-refractivity contribution in [3.8, 4) is 22.6 Å². The van der Waals surface area contributed by atoms with Gasteiger partial charge in [0.25, 0.3) is 0 Å². The first-order chi connectivity index (χ1) is 16.1. The van der Waals surface area contributed by atoms with Gasteiger partial charge in [-0.2, -0.15) is 0 Å². The summed E-state index contributed by atoms with van der Waals surface area (Å²) in [6.45, 7) is 0. The van der Waals surface area contributed by atoms with Gasteiger partial charge in [0.2, 0.25) is 0 Å². The van der Waals surface area contributed by atoms with Crippen LogP contribution in [0.4, 0.5) is 4.39 Å². The Hall–Kier alpha value is -3.76. The second-order valence-electron chi connectivity index (χ2n) is 7.96. The first-order valence-electron chi connectivity index (χ1n) is 10.5. The van der Waals surface area contributed by atoms with Crippen molar-refractivity contribution in [2.75, 3.05) is 14.2 Å². The molecule has 0 N–H and O–H groups in total. The fourth-order valence-corrected chi connectivity index (χ4v) is 4.82. The fraction of sp³-hybridized carbons (Fsp3) is 0.0714. The topological polar surface area (TPSA) is 31.6 Å². The first-order valence-corrected chi connectivity index (χ1v) is 10.8. The first kappa shape index (κ1) is 19.9. The highest BCUT2D eigenvalue weighted by Gasteiger charge is 2.22. The van der Waals surface area contributed by atoms with Crippen molar-refractivity contribution in [3.63, 3.8) is 0 Å². The minimum Gasteiger partial charge on any atom is -0.497 e. The summed E-state index contributed by atoms with van der Waals surface area (Å²) in [6, 6.07) is 23.3. The largest absolute Gasteiger partial charge is 0.497 e. The lowest BCUT2D eigenvalue weighted by molar-refractivity contribution is 0.414. The van der Waals surface area contributed by atoms with Gasteiger partial charge in [-0.1, -0.05) is 48.0 Å². The molecule has 0 amide bonds. The molecule has 5 aromatic carbocycles. The SMILES string of the molecule is COc1ccc2cc(-c3cc4c(oc5ccc6ccccc6c54)c(Cl)c3F)c(OC)cc2c1. The third kappa shape index (κ3) is 2.95. The van der Waals surface area contributed by atoms with Crippen LogP contribution in [0.15, 0.2) is 77.2 Å². The molecule has 0 radical (unpaired) electrons. The number of fused-ring (bicyclic) bond motifs is 6. The zero-order valence-corrected chi connectivity index (χ0v) is 18.7. The van der Waals surface area contributed by atoms with E-state index in [1.165, 1.54) is 0 Å². The van der Waals surface area contributed by atoms with Crippen LogP contribution >= 0.6 is 11.6 Å². The van der Waals surface area contributed by atoms with Crippen LogP contribution in [0.2, 0.25) is 5.02 Å². The average Bonchev–Trinajstić information content (AvgIpc) is 3.24. The minimum atomic E-state index is -0.543. The molecule has 0 aliphatic carbocycles. The standard InChI is InChI=1S/C28H18ClFO3/c1-31-18-9-7-16-12-20(24(32-2)13-17(16)11-18)21-14-22-25-19-6-4-3-5-15(19)8-10-23(25)33-28(22)26(29)27(21)30/h3-14H,1-2H3. The van der Waals surface area contributed by atoms with Gasteiger partial charge in [0.05, 0.1) is 14.2 Å². The van der Waals surface area contributed by atoms with Crippen LogP contribution in [-0.2, 0) is 0 Å². The summed E-state index contributed by atoms with van der Waals surface area (Å²) >= 11 is 6.53. The highest BCUT2D eigenvalue weighted by atomic mass is 35.5. The summed E-state index contributed by atoms with van der Waals surface area (Å²) in [4.78, 5) is 0. The predicted octanol–water partition coefficient (Wildman–Crippen LogP) is 8.37. The molecule has 1 heterocycles. The van der Waals surface area contributed by atoms with Gasteiger partial charge in [0.15, 0.2) is 11.4 Å². The second-order valence-corrected chi connectivity index (χ2v) is 8.33. The van der Waals surface area contributed by atoms with E-state index >= 15 is 4.39 Å². The number of hydrogen-bond acceptors (Lipinski definition) is 3. The van der Waals surface area contributed by atoms with E-state index in [-0.39, 0.29) is 5.02 Å². The van der Waals surface area contributed by atoms with Gasteiger partial charge in [-0.05, 0) is 57.9 Å². The Kier molecular flexibility index (Phi) is 4.46. The van der Waals surface area contributed by atoms with E-state index in [0.717, 1.165) is 38.1 Å². The van der Waals surface area contributed by atoms with Crippen molar-refractivity contribution < 1.29 is 18.3 Å². The van der Waals surface area contributed by atoms with Crippen molar-refractivity contribution >= 4 is 55.1 Å². The van der Waals surface area contributed by atoms with Crippen molar-refractivity contribution in [1.82, 2.24) is 0 Å². The third-order valence-electron chi connectivity index (χ3n) is 6.19. The van der Waals surface area contributed by atoms with Crippen LogP contribution < -0.4 is 9.47 Å². The molecule has 33 heavy (non-hydrogen) atoms. The molecule has 1 aromatic heterocycles. The molecule has 0 saturated carbocycles. The predicted molar refractivity (Wildman–Crippen MR) is 132 cm³/mol. The van der Waals surface area contributed by atoms with Gasteiger partial charge in [-0.25, -0.2) is 4.39 Å². The summed E-state index contributed by atoms with van der Waals surface area (Å²) in [6.07, 6.45) is 0. The maximum Gasteiger partial charge on any atom is 0.157 e. The van der Waals surface area contributed by atoms with Gasteiger partial charge in [0.1, 0.15) is 22.1 Å². The van der Waals surface area contributed by atoms with E-state index in [0.29, 0.717) is 28.0 Å². The van der Waals surface area contributed by atoms with Crippen molar-refractivity contribution in [3.05, 3.63) is 83.6 Å². The van der Waals surface area contributed by atoms with Gasteiger partial charge < -0.3 is 13.9 Å². The zero-order chi connectivity index (χ0) is 22.7. The summed E-state index contributed by atoms with van der Waals surface area (Å²) in [7, 11) is 3.20. The number of furan rings is 1. The van der Waals surface area contributed by atoms with Crippen LogP contribution in [0, 0.1) is 5.82 Å². The van der Waals surface area contributed by atoms with Crippen molar-refractivity contribution in [2.45, 2.75) is 0 Å². The highest BCUT2D eigenvalue weighted by molar-refractivity contribution is 6.37. The monoisotopic (exact) mass is 456 g/mol. The molecule has 0 unspecified atom stereocenters. The molecular formula is C28H18ClFO3. The van der Waals surface area contributed by atoms with Crippen LogP contribution in [0.3, 0.4) is 0 Å².